The van der Waals surface area contributed by atoms with E-state index in [1.165, 1.54) is 11.0 Å². The Balaban J connectivity index is 1.69. The minimum Gasteiger partial charge on any atom is -0.395 e. The van der Waals surface area contributed by atoms with Crippen LogP contribution in [0.2, 0.25) is 0 Å². The topological polar surface area (TPSA) is 108 Å². The standard InChI is InChI=1S/C15H25N7O3/c1-19-6-7-21(14(25)10-22-12-16-17-18-22)11-15(19)3-2-13(24)20(5-4-15)8-9-23/h12,23H,2-11H2,1H3. The number of carbonyl (C=O) groups is 2. The number of likely N-dealkylation sites (tertiary alicyclic amines) is 1. The van der Waals surface area contributed by atoms with Crippen LogP contribution in [0.4, 0.5) is 0 Å². The average Bonchev–Trinajstić information content (AvgIpc) is 3.06. The SMILES string of the molecule is CN1CCN(C(=O)Cn2cnnn2)CC12CCC(=O)N(CCO)CC2. The lowest BCUT2D eigenvalue weighted by molar-refractivity contribution is -0.137. The number of likely N-dealkylation sites (N-methyl/N-ethyl adjacent to an activating group) is 1. The Morgan fingerprint density at radius 3 is 2.88 bits per heavy atom. The summed E-state index contributed by atoms with van der Waals surface area (Å²) < 4.78 is 1.42. The monoisotopic (exact) mass is 351 g/mol. The van der Waals surface area contributed by atoms with Crippen molar-refractivity contribution >= 4 is 11.8 Å². The number of carbonyl (C=O) groups excluding carboxylic acids is 2. The van der Waals surface area contributed by atoms with Crippen molar-refractivity contribution in [1.82, 2.24) is 34.9 Å². The second-order valence-corrected chi connectivity index (χ2v) is 6.82. The zero-order chi connectivity index (χ0) is 17.9. The number of aliphatic hydroxyl groups is 1. The molecule has 10 heteroatoms. The summed E-state index contributed by atoms with van der Waals surface area (Å²) in [5, 5.41) is 20.0. The molecule has 0 aliphatic carbocycles. The van der Waals surface area contributed by atoms with Gasteiger partial charge in [-0.1, -0.05) is 0 Å². The first-order valence-corrected chi connectivity index (χ1v) is 8.62. The van der Waals surface area contributed by atoms with Crippen LogP contribution in [0.3, 0.4) is 0 Å². The van der Waals surface area contributed by atoms with E-state index in [0.717, 1.165) is 19.4 Å². The molecule has 1 N–H and O–H groups in total. The maximum atomic E-state index is 12.6. The molecule has 2 aliphatic heterocycles. The van der Waals surface area contributed by atoms with Crippen LogP contribution in [0.5, 0.6) is 0 Å². The van der Waals surface area contributed by atoms with E-state index >= 15 is 0 Å². The van der Waals surface area contributed by atoms with Crippen LogP contribution >= 0.6 is 0 Å². The first-order chi connectivity index (χ1) is 12.0. The highest BCUT2D eigenvalue weighted by Gasteiger charge is 2.43. The molecule has 1 aromatic rings. The van der Waals surface area contributed by atoms with E-state index in [1.807, 2.05) is 4.90 Å². The number of tetrazole rings is 1. The van der Waals surface area contributed by atoms with E-state index in [0.29, 0.717) is 32.6 Å². The van der Waals surface area contributed by atoms with Gasteiger partial charge in [0.05, 0.1) is 6.61 Å². The Morgan fingerprint density at radius 2 is 2.16 bits per heavy atom. The third-order valence-electron chi connectivity index (χ3n) is 5.42. The van der Waals surface area contributed by atoms with Crippen molar-refractivity contribution in [3.63, 3.8) is 0 Å². The molecule has 0 aromatic carbocycles. The lowest BCUT2D eigenvalue weighted by atomic mass is 9.86. The highest BCUT2D eigenvalue weighted by atomic mass is 16.3. The van der Waals surface area contributed by atoms with Gasteiger partial charge >= 0.3 is 0 Å². The van der Waals surface area contributed by atoms with Crippen LogP contribution in [0.25, 0.3) is 0 Å². The fourth-order valence-corrected chi connectivity index (χ4v) is 3.75. The van der Waals surface area contributed by atoms with Gasteiger partial charge in [0.1, 0.15) is 12.9 Å². The molecule has 3 heterocycles. The number of nitrogens with zero attached hydrogens (tertiary/aromatic N) is 7. The number of amides is 2. The molecule has 1 atom stereocenters. The first kappa shape index (κ1) is 17.7. The Bertz CT molecular complexity index is 608. The largest absolute Gasteiger partial charge is 0.395 e. The molecule has 2 saturated heterocycles. The van der Waals surface area contributed by atoms with Gasteiger partial charge in [-0.2, -0.15) is 0 Å². The summed E-state index contributed by atoms with van der Waals surface area (Å²) in [6.45, 7) is 3.13. The van der Waals surface area contributed by atoms with Crippen LogP contribution in [0.15, 0.2) is 6.33 Å². The molecule has 2 fully saturated rings. The fourth-order valence-electron chi connectivity index (χ4n) is 3.75. The van der Waals surface area contributed by atoms with Crippen LogP contribution in [0, 0.1) is 0 Å². The van der Waals surface area contributed by atoms with Gasteiger partial charge in [0.2, 0.25) is 11.8 Å². The molecule has 2 amide bonds. The first-order valence-electron chi connectivity index (χ1n) is 8.62. The lowest BCUT2D eigenvalue weighted by Gasteiger charge is -2.49. The molecular weight excluding hydrogens is 326 g/mol. The van der Waals surface area contributed by atoms with Gasteiger partial charge in [-0.3, -0.25) is 14.5 Å². The second kappa shape index (κ2) is 7.44. The Hall–Kier alpha value is -2.07. The van der Waals surface area contributed by atoms with Gasteiger partial charge in [-0.05, 0) is 30.3 Å². The number of piperazine rings is 1. The van der Waals surface area contributed by atoms with Crippen molar-refractivity contribution in [3.8, 4) is 0 Å². The molecule has 1 spiro atoms. The molecule has 3 rings (SSSR count). The van der Waals surface area contributed by atoms with Crippen molar-refractivity contribution < 1.29 is 14.7 Å². The van der Waals surface area contributed by atoms with E-state index in [4.69, 9.17) is 5.11 Å². The lowest BCUT2D eigenvalue weighted by Crippen LogP contribution is -2.62. The Kier molecular flexibility index (Phi) is 5.28. The normalized spacial score (nSPS) is 25.4. The number of hydrogen-bond donors (Lipinski definition) is 1. The van der Waals surface area contributed by atoms with Crippen molar-refractivity contribution in [2.75, 3.05) is 46.4 Å². The molecule has 0 bridgehead atoms. The summed E-state index contributed by atoms with van der Waals surface area (Å²) in [6.07, 6.45) is 3.39. The number of hydrogen-bond acceptors (Lipinski definition) is 7. The highest BCUT2D eigenvalue weighted by Crippen LogP contribution is 2.32. The number of β-amino-alcohol motifs (C(OH)–C–C–N with tert-alkyl or cyclic N) is 1. The van der Waals surface area contributed by atoms with Gasteiger partial charge in [0.25, 0.3) is 0 Å². The maximum Gasteiger partial charge on any atom is 0.244 e. The van der Waals surface area contributed by atoms with Gasteiger partial charge in [0, 0.05) is 44.7 Å². The second-order valence-electron chi connectivity index (χ2n) is 6.82. The minimum atomic E-state index is -0.200. The molecule has 10 nitrogen and oxygen atoms in total. The summed E-state index contributed by atoms with van der Waals surface area (Å²) in [7, 11) is 2.06. The van der Waals surface area contributed by atoms with E-state index in [-0.39, 0.29) is 30.5 Å². The van der Waals surface area contributed by atoms with Crippen LogP contribution in [-0.4, -0.2) is 104 Å². The van der Waals surface area contributed by atoms with Crippen LogP contribution in [0.1, 0.15) is 19.3 Å². The predicted octanol–water partition coefficient (Wildman–Crippen LogP) is -1.81. The van der Waals surface area contributed by atoms with E-state index < -0.39 is 0 Å². The maximum absolute atomic E-state index is 12.6. The third kappa shape index (κ3) is 3.79. The average molecular weight is 351 g/mol. The smallest absolute Gasteiger partial charge is 0.244 e. The molecule has 0 radical (unpaired) electrons. The summed E-state index contributed by atoms with van der Waals surface area (Å²) in [6, 6.07) is 0. The molecule has 0 saturated carbocycles. The summed E-state index contributed by atoms with van der Waals surface area (Å²) in [5.74, 6) is 0.0685. The molecule has 2 aliphatic rings. The molecule has 138 valence electrons. The molecule has 1 aromatic heterocycles. The highest BCUT2D eigenvalue weighted by molar-refractivity contribution is 5.77. The predicted molar refractivity (Wildman–Crippen MR) is 87.3 cm³/mol. The molecule has 1 unspecified atom stereocenters. The Morgan fingerprint density at radius 1 is 1.32 bits per heavy atom. The van der Waals surface area contributed by atoms with Crippen LogP contribution < -0.4 is 0 Å². The van der Waals surface area contributed by atoms with Crippen molar-refractivity contribution in [2.45, 2.75) is 31.3 Å². The van der Waals surface area contributed by atoms with Crippen LogP contribution in [-0.2, 0) is 16.1 Å². The number of rotatable bonds is 4. The number of aliphatic hydroxyl groups excluding tert-OH is 1. The molecular formula is C15H25N7O3. The quantitative estimate of drug-likeness (QED) is 0.681. The van der Waals surface area contributed by atoms with E-state index in [1.54, 1.807) is 4.90 Å². The minimum absolute atomic E-state index is 0.0115. The molecule has 25 heavy (non-hydrogen) atoms. The van der Waals surface area contributed by atoms with Gasteiger partial charge < -0.3 is 14.9 Å². The van der Waals surface area contributed by atoms with Crippen molar-refractivity contribution in [3.05, 3.63) is 6.33 Å². The van der Waals surface area contributed by atoms with Gasteiger partial charge in [-0.25, -0.2) is 4.68 Å². The van der Waals surface area contributed by atoms with Crippen molar-refractivity contribution in [1.29, 1.82) is 0 Å². The third-order valence-corrected chi connectivity index (χ3v) is 5.42. The zero-order valence-corrected chi connectivity index (χ0v) is 14.5. The van der Waals surface area contributed by atoms with E-state index in [2.05, 4.69) is 27.5 Å². The van der Waals surface area contributed by atoms with Gasteiger partial charge in [-0.15, -0.1) is 5.10 Å². The number of aromatic nitrogens is 4. The zero-order valence-electron chi connectivity index (χ0n) is 14.5. The summed E-state index contributed by atoms with van der Waals surface area (Å²) >= 11 is 0. The Labute approximate surface area is 146 Å². The summed E-state index contributed by atoms with van der Waals surface area (Å²) in [4.78, 5) is 30.7. The van der Waals surface area contributed by atoms with Crippen molar-refractivity contribution in [2.24, 2.45) is 0 Å². The summed E-state index contributed by atoms with van der Waals surface area (Å²) in [5.41, 5.74) is -0.200. The van der Waals surface area contributed by atoms with Gasteiger partial charge in [0.15, 0.2) is 0 Å². The van der Waals surface area contributed by atoms with E-state index in [9.17, 15) is 9.59 Å². The fraction of sp³-hybridized carbons (Fsp3) is 0.800.